The lowest BCUT2D eigenvalue weighted by Gasteiger charge is -2.13. The second-order valence-electron chi connectivity index (χ2n) is 3.76. The van der Waals surface area contributed by atoms with Crippen LogP contribution in [0.3, 0.4) is 0 Å². The third-order valence-electron chi connectivity index (χ3n) is 2.27. The monoisotopic (exact) mass is 281 g/mol. The zero-order valence-corrected chi connectivity index (χ0v) is 10.9. The fraction of sp³-hybridized carbons (Fsp3) is 0.300. The lowest BCUT2D eigenvalue weighted by Crippen LogP contribution is -2.34. The maximum absolute atomic E-state index is 11.7. The summed E-state index contributed by atoms with van der Waals surface area (Å²) >= 11 is 1.47. The molecule has 100 valence electrons. The van der Waals surface area contributed by atoms with Crippen LogP contribution in [0, 0.1) is 0 Å². The molecule has 0 atom stereocenters. The Hall–Kier alpha value is -2.29. The van der Waals surface area contributed by atoms with Gasteiger partial charge in [0.05, 0.1) is 4.88 Å². The zero-order valence-electron chi connectivity index (χ0n) is 10.1. The molecule has 0 unspecified atom stereocenters. The number of amides is 1. The van der Waals surface area contributed by atoms with Crippen molar-refractivity contribution in [1.29, 1.82) is 0 Å². The lowest BCUT2D eigenvalue weighted by atomic mass is 10.4. The van der Waals surface area contributed by atoms with Crippen LogP contribution in [-0.4, -0.2) is 55.7 Å². The number of nitrogens with zero attached hydrogens (tertiary/aromatic N) is 5. The number of likely N-dealkylation sites (N-methyl/N-ethyl adjacent to an activating group) is 1. The number of aliphatic carboxylic acids is 1. The molecule has 2 aromatic rings. The predicted octanol–water partition coefficient (Wildman–Crippen LogP) is -0.0554. The number of carbonyl (C=O) groups is 2. The first-order valence-electron chi connectivity index (χ1n) is 5.33. The van der Waals surface area contributed by atoms with Crippen molar-refractivity contribution >= 4 is 23.2 Å². The van der Waals surface area contributed by atoms with Crippen LogP contribution in [0.2, 0.25) is 0 Å². The van der Waals surface area contributed by atoms with Crippen molar-refractivity contribution < 1.29 is 14.7 Å². The second-order valence-corrected chi connectivity index (χ2v) is 4.71. The van der Waals surface area contributed by atoms with Crippen LogP contribution in [0.25, 0.3) is 10.7 Å². The molecule has 2 aromatic heterocycles. The van der Waals surface area contributed by atoms with Crippen LogP contribution < -0.4 is 0 Å². The molecule has 0 spiro atoms. The maximum atomic E-state index is 11.7. The average Bonchev–Trinajstić information content (AvgIpc) is 2.96. The fourth-order valence-electron chi connectivity index (χ4n) is 1.35. The molecular formula is C10H11N5O3S. The Morgan fingerprint density at radius 3 is 2.95 bits per heavy atom. The van der Waals surface area contributed by atoms with Crippen molar-refractivity contribution in [1.82, 2.24) is 25.1 Å². The SMILES string of the molecule is CN(CC(=O)O)C(=O)Cn1nnc(-c2cccs2)n1. The quantitative estimate of drug-likeness (QED) is 0.824. The third-order valence-corrected chi connectivity index (χ3v) is 3.14. The van der Waals surface area contributed by atoms with Crippen molar-refractivity contribution in [3.8, 4) is 10.7 Å². The Kier molecular flexibility index (Phi) is 3.85. The molecule has 0 bridgehead atoms. The van der Waals surface area contributed by atoms with Crippen molar-refractivity contribution in [3.05, 3.63) is 17.5 Å². The van der Waals surface area contributed by atoms with Gasteiger partial charge in [0, 0.05) is 7.05 Å². The highest BCUT2D eigenvalue weighted by atomic mass is 32.1. The zero-order chi connectivity index (χ0) is 13.8. The molecule has 0 aliphatic rings. The van der Waals surface area contributed by atoms with Crippen molar-refractivity contribution in [3.63, 3.8) is 0 Å². The highest BCUT2D eigenvalue weighted by molar-refractivity contribution is 7.13. The predicted molar refractivity (Wildman–Crippen MR) is 66.4 cm³/mol. The summed E-state index contributed by atoms with van der Waals surface area (Å²) in [6.07, 6.45) is 0. The molecule has 0 aliphatic heterocycles. The van der Waals surface area contributed by atoms with Gasteiger partial charge in [0.15, 0.2) is 0 Å². The number of carboxylic acid groups (broad SMARTS) is 1. The molecule has 0 aromatic carbocycles. The van der Waals surface area contributed by atoms with Crippen LogP contribution in [0.15, 0.2) is 17.5 Å². The second kappa shape index (κ2) is 5.57. The maximum Gasteiger partial charge on any atom is 0.323 e. The number of carbonyl (C=O) groups excluding carboxylic acids is 1. The van der Waals surface area contributed by atoms with Gasteiger partial charge in [-0.2, -0.15) is 4.80 Å². The molecule has 19 heavy (non-hydrogen) atoms. The van der Waals surface area contributed by atoms with Gasteiger partial charge in [0.25, 0.3) is 0 Å². The summed E-state index contributed by atoms with van der Waals surface area (Å²) in [5.74, 6) is -1.01. The smallest absolute Gasteiger partial charge is 0.323 e. The number of hydrogen-bond acceptors (Lipinski definition) is 6. The molecular weight excluding hydrogens is 270 g/mol. The molecule has 0 fully saturated rings. The summed E-state index contributed by atoms with van der Waals surface area (Å²) in [6, 6.07) is 3.72. The summed E-state index contributed by atoms with van der Waals surface area (Å²) in [4.78, 5) is 25.3. The van der Waals surface area contributed by atoms with E-state index in [1.165, 1.54) is 18.4 Å². The van der Waals surface area contributed by atoms with Crippen molar-refractivity contribution in [2.45, 2.75) is 6.54 Å². The molecule has 9 heteroatoms. The van der Waals surface area contributed by atoms with E-state index in [0.29, 0.717) is 5.82 Å². The summed E-state index contributed by atoms with van der Waals surface area (Å²) in [5.41, 5.74) is 0. The third kappa shape index (κ3) is 3.35. The van der Waals surface area contributed by atoms with Crippen molar-refractivity contribution in [2.24, 2.45) is 0 Å². The number of hydrogen-bond donors (Lipinski definition) is 1. The minimum Gasteiger partial charge on any atom is -0.480 e. The van der Waals surface area contributed by atoms with Gasteiger partial charge in [0.1, 0.15) is 13.1 Å². The molecule has 2 heterocycles. The Balaban J connectivity index is 2.00. The van der Waals surface area contributed by atoms with E-state index in [0.717, 1.165) is 14.6 Å². The van der Waals surface area contributed by atoms with Gasteiger partial charge in [-0.3, -0.25) is 9.59 Å². The molecule has 8 nitrogen and oxygen atoms in total. The largest absolute Gasteiger partial charge is 0.480 e. The average molecular weight is 281 g/mol. The van der Waals surface area contributed by atoms with Crippen molar-refractivity contribution in [2.75, 3.05) is 13.6 Å². The Morgan fingerprint density at radius 1 is 1.53 bits per heavy atom. The van der Waals surface area contributed by atoms with E-state index in [4.69, 9.17) is 5.11 Å². The number of carboxylic acids is 1. The van der Waals surface area contributed by atoms with E-state index >= 15 is 0 Å². The lowest BCUT2D eigenvalue weighted by molar-refractivity contribution is -0.143. The normalized spacial score (nSPS) is 10.4. The van der Waals surface area contributed by atoms with Crippen LogP contribution in [0.5, 0.6) is 0 Å². The van der Waals surface area contributed by atoms with Crippen LogP contribution in [0.1, 0.15) is 0 Å². The van der Waals surface area contributed by atoms with Gasteiger partial charge in [0.2, 0.25) is 11.7 Å². The molecule has 0 saturated carbocycles. The number of tetrazole rings is 1. The fourth-order valence-corrected chi connectivity index (χ4v) is 2.00. The molecule has 2 rings (SSSR count). The molecule has 1 N–H and O–H groups in total. The first-order chi connectivity index (χ1) is 9.06. The van der Waals surface area contributed by atoms with Gasteiger partial charge < -0.3 is 10.0 Å². The molecule has 0 saturated heterocycles. The highest BCUT2D eigenvalue weighted by Gasteiger charge is 2.15. The molecule has 0 aliphatic carbocycles. The number of thiophene rings is 1. The van der Waals surface area contributed by atoms with E-state index < -0.39 is 11.9 Å². The van der Waals surface area contributed by atoms with Crippen LogP contribution in [-0.2, 0) is 16.1 Å². The number of rotatable bonds is 5. The standard InChI is InChI=1S/C10H11N5O3S/c1-14(6-9(17)18)8(16)5-15-12-10(11-13-15)7-3-2-4-19-7/h2-4H,5-6H2,1H3,(H,17,18). The molecule has 0 radical (unpaired) electrons. The Morgan fingerprint density at radius 2 is 2.32 bits per heavy atom. The number of aromatic nitrogens is 4. The van der Waals surface area contributed by atoms with Crippen LogP contribution in [0.4, 0.5) is 0 Å². The van der Waals surface area contributed by atoms with Gasteiger partial charge in [-0.05, 0) is 16.7 Å². The van der Waals surface area contributed by atoms with Crippen LogP contribution >= 0.6 is 11.3 Å². The van der Waals surface area contributed by atoms with Gasteiger partial charge in [-0.1, -0.05) is 6.07 Å². The first-order valence-corrected chi connectivity index (χ1v) is 6.21. The van der Waals surface area contributed by atoms with Gasteiger partial charge >= 0.3 is 5.97 Å². The minimum atomic E-state index is -1.07. The topological polar surface area (TPSA) is 101 Å². The molecule has 1 amide bonds. The first kappa shape index (κ1) is 13.1. The van der Waals surface area contributed by atoms with E-state index in [-0.39, 0.29) is 13.1 Å². The minimum absolute atomic E-state index is 0.137. The highest BCUT2D eigenvalue weighted by Crippen LogP contribution is 2.19. The van der Waals surface area contributed by atoms with E-state index in [1.807, 2.05) is 17.5 Å². The van der Waals surface area contributed by atoms with E-state index in [9.17, 15) is 9.59 Å². The van der Waals surface area contributed by atoms with E-state index in [2.05, 4.69) is 15.4 Å². The van der Waals surface area contributed by atoms with Gasteiger partial charge in [-0.25, -0.2) is 0 Å². The summed E-state index contributed by atoms with van der Waals surface area (Å²) < 4.78 is 0. The summed E-state index contributed by atoms with van der Waals surface area (Å²) in [5, 5.41) is 22.1. The Labute approximate surface area is 112 Å². The Bertz CT molecular complexity index is 580. The summed E-state index contributed by atoms with van der Waals surface area (Å²) in [6.45, 7) is -0.493. The van der Waals surface area contributed by atoms with E-state index in [1.54, 1.807) is 0 Å². The summed E-state index contributed by atoms with van der Waals surface area (Å²) in [7, 11) is 1.41. The van der Waals surface area contributed by atoms with Gasteiger partial charge in [-0.15, -0.1) is 21.5 Å².